The largest absolute Gasteiger partial charge is 0.483 e. The van der Waals surface area contributed by atoms with Crippen molar-refractivity contribution in [3.63, 3.8) is 0 Å². The van der Waals surface area contributed by atoms with E-state index < -0.39 is 0 Å². The quantitative estimate of drug-likeness (QED) is 0.643. The summed E-state index contributed by atoms with van der Waals surface area (Å²) < 4.78 is 5.41. The van der Waals surface area contributed by atoms with Crippen LogP contribution in [-0.2, 0) is 4.79 Å². The van der Waals surface area contributed by atoms with Gasteiger partial charge in [-0.05, 0) is 44.0 Å². The van der Waals surface area contributed by atoms with Crippen LogP contribution in [0, 0.1) is 6.92 Å². The lowest BCUT2D eigenvalue weighted by molar-refractivity contribution is -0.123. The summed E-state index contributed by atoms with van der Waals surface area (Å²) in [5.41, 5.74) is 4.26. The van der Waals surface area contributed by atoms with Crippen LogP contribution in [0.25, 0.3) is 0 Å². The maximum absolute atomic E-state index is 11.5. The highest BCUT2D eigenvalue weighted by molar-refractivity contribution is 6.30. The highest BCUT2D eigenvalue weighted by Gasteiger charge is 2.04. The first-order valence-corrected chi connectivity index (χ1v) is 6.61. The Hall–Kier alpha value is -1.55. The summed E-state index contributed by atoms with van der Waals surface area (Å²) in [6.07, 6.45) is 1.88. The van der Waals surface area contributed by atoms with Crippen molar-refractivity contribution in [2.45, 2.75) is 33.6 Å². The fourth-order valence-corrected chi connectivity index (χ4v) is 1.75. The van der Waals surface area contributed by atoms with E-state index in [0.29, 0.717) is 10.8 Å². The Morgan fingerprint density at radius 1 is 1.47 bits per heavy atom. The number of carbonyl (C=O) groups is 1. The second kappa shape index (κ2) is 7.79. The topological polar surface area (TPSA) is 50.7 Å². The average molecular weight is 283 g/mol. The number of halogens is 1. The number of nitrogens with one attached hydrogen (secondary N) is 1. The highest BCUT2D eigenvalue weighted by Crippen LogP contribution is 2.21. The lowest BCUT2D eigenvalue weighted by Crippen LogP contribution is -2.25. The molecule has 19 heavy (non-hydrogen) atoms. The van der Waals surface area contributed by atoms with Gasteiger partial charge in [-0.3, -0.25) is 4.79 Å². The molecule has 1 amide bonds. The fourth-order valence-electron chi connectivity index (χ4n) is 1.53. The number of nitrogens with zero attached hydrogens (tertiary/aromatic N) is 1. The average Bonchev–Trinajstić information content (AvgIpc) is 2.35. The van der Waals surface area contributed by atoms with Crippen molar-refractivity contribution >= 4 is 23.2 Å². The summed E-state index contributed by atoms with van der Waals surface area (Å²) in [6.45, 7) is 5.76. The molecule has 104 valence electrons. The number of hydrogen-bond donors (Lipinski definition) is 1. The van der Waals surface area contributed by atoms with Gasteiger partial charge in [-0.25, -0.2) is 5.43 Å². The van der Waals surface area contributed by atoms with Crippen molar-refractivity contribution < 1.29 is 9.53 Å². The van der Waals surface area contributed by atoms with Crippen LogP contribution in [0.15, 0.2) is 23.3 Å². The number of amides is 1. The first-order chi connectivity index (χ1) is 9.02. The molecule has 0 bridgehead atoms. The van der Waals surface area contributed by atoms with Crippen molar-refractivity contribution in [1.29, 1.82) is 0 Å². The molecule has 0 atom stereocenters. The zero-order chi connectivity index (χ0) is 14.3. The molecule has 1 aromatic rings. The van der Waals surface area contributed by atoms with Gasteiger partial charge in [-0.15, -0.1) is 0 Å². The zero-order valence-electron chi connectivity index (χ0n) is 11.5. The highest BCUT2D eigenvalue weighted by atomic mass is 35.5. The maximum Gasteiger partial charge on any atom is 0.277 e. The van der Waals surface area contributed by atoms with E-state index in [1.165, 1.54) is 0 Å². The predicted molar refractivity (Wildman–Crippen MR) is 77.8 cm³/mol. The fraction of sp³-hybridized carbons (Fsp3) is 0.429. The number of aryl methyl sites for hydroxylation is 1. The lowest BCUT2D eigenvalue weighted by Gasteiger charge is -2.08. The molecule has 5 heteroatoms. The first kappa shape index (κ1) is 15.5. The normalized spacial score (nSPS) is 11.3. The zero-order valence-corrected chi connectivity index (χ0v) is 12.3. The number of hydrazone groups is 1. The van der Waals surface area contributed by atoms with Gasteiger partial charge < -0.3 is 4.74 Å². The van der Waals surface area contributed by atoms with Gasteiger partial charge in [0.25, 0.3) is 5.91 Å². The summed E-state index contributed by atoms with van der Waals surface area (Å²) in [4.78, 5) is 11.5. The minimum Gasteiger partial charge on any atom is -0.483 e. The van der Waals surface area contributed by atoms with Crippen molar-refractivity contribution in [1.82, 2.24) is 5.43 Å². The molecule has 0 aliphatic heterocycles. The Labute approximate surface area is 118 Å². The summed E-state index contributed by atoms with van der Waals surface area (Å²) in [7, 11) is 0. The Bertz CT molecular complexity index is 473. The molecule has 0 aliphatic carbocycles. The third kappa shape index (κ3) is 5.75. The second-order valence-corrected chi connectivity index (χ2v) is 4.77. The van der Waals surface area contributed by atoms with Crippen molar-refractivity contribution in [3.05, 3.63) is 28.8 Å². The third-order valence-electron chi connectivity index (χ3n) is 2.48. The smallest absolute Gasteiger partial charge is 0.277 e. The van der Waals surface area contributed by atoms with Crippen molar-refractivity contribution in [2.75, 3.05) is 6.61 Å². The Morgan fingerprint density at radius 3 is 2.84 bits per heavy atom. The molecule has 0 heterocycles. The van der Waals surface area contributed by atoms with Gasteiger partial charge in [0.15, 0.2) is 6.61 Å². The van der Waals surface area contributed by atoms with Crippen LogP contribution in [0.5, 0.6) is 5.75 Å². The molecule has 0 saturated carbocycles. The molecule has 0 spiro atoms. The van der Waals surface area contributed by atoms with Gasteiger partial charge in [0.2, 0.25) is 0 Å². The number of ether oxygens (including phenoxy) is 1. The van der Waals surface area contributed by atoms with Crippen LogP contribution in [0.1, 0.15) is 32.3 Å². The molecule has 0 fully saturated rings. The monoisotopic (exact) mass is 282 g/mol. The summed E-state index contributed by atoms with van der Waals surface area (Å²) in [5.74, 6) is 0.374. The molecule has 1 rings (SSSR count). The Kier molecular flexibility index (Phi) is 6.36. The molecule has 0 aliphatic rings. The molecule has 0 radical (unpaired) electrons. The molecule has 1 N–H and O–H groups in total. The van der Waals surface area contributed by atoms with Crippen LogP contribution < -0.4 is 10.2 Å². The molecule has 0 unspecified atom stereocenters. The summed E-state index contributed by atoms with van der Waals surface area (Å²) in [5, 5.41) is 4.63. The second-order valence-electron chi connectivity index (χ2n) is 4.33. The Balaban J connectivity index is 2.44. The predicted octanol–water partition coefficient (Wildman–Crippen LogP) is 3.32. The lowest BCUT2D eigenvalue weighted by atomic mass is 10.2. The molecular weight excluding hydrogens is 264 g/mol. The molecule has 0 saturated heterocycles. The van der Waals surface area contributed by atoms with E-state index in [0.717, 1.165) is 24.1 Å². The van der Waals surface area contributed by atoms with E-state index in [-0.39, 0.29) is 12.5 Å². The van der Waals surface area contributed by atoms with Crippen LogP contribution in [-0.4, -0.2) is 18.2 Å². The van der Waals surface area contributed by atoms with Gasteiger partial charge in [0.05, 0.1) is 0 Å². The molecule has 0 aromatic heterocycles. The van der Waals surface area contributed by atoms with E-state index in [2.05, 4.69) is 17.5 Å². The number of rotatable bonds is 6. The summed E-state index contributed by atoms with van der Waals surface area (Å²) in [6, 6.07) is 5.26. The van der Waals surface area contributed by atoms with E-state index in [4.69, 9.17) is 16.3 Å². The van der Waals surface area contributed by atoms with Crippen LogP contribution in [0.2, 0.25) is 5.02 Å². The van der Waals surface area contributed by atoms with Crippen LogP contribution in [0.4, 0.5) is 0 Å². The SMILES string of the molecule is CCC/C(C)=N\NC(=O)COc1ccc(Cl)cc1C. The standard InChI is InChI=1S/C14H19ClN2O2/c1-4-5-11(3)16-17-14(18)9-19-13-7-6-12(15)8-10(13)2/h6-8H,4-5,9H2,1-3H3,(H,17,18)/b16-11-. The number of benzene rings is 1. The van der Waals surface area contributed by atoms with Crippen molar-refractivity contribution in [3.8, 4) is 5.75 Å². The van der Waals surface area contributed by atoms with Gasteiger partial charge in [-0.2, -0.15) is 5.10 Å². The molecule has 4 nitrogen and oxygen atoms in total. The molecular formula is C14H19ClN2O2. The van der Waals surface area contributed by atoms with E-state index in [9.17, 15) is 4.79 Å². The maximum atomic E-state index is 11.5. The van der Waals surface area contributed by atoms with E-state index >= 15 is 0 Å². The van der Waals surface area contributed by atoms with Crippen LogP contribution in [0.3, 0.4) is 0 Å². The van der Waals surface area contributed by atoms with Gasteiger partial charge in [0, 0.05) is 10.7 Å². The third-order valence-corrected chi connectivity index (χ3v) is 2.71. The Morgan fingerprint density at radius 2 is 2.21 bits per heavy atom. The number of carbonyl (C=O) groups excluding carboxylic acids is 1. The van der Waals surface area contributed by atoms with Gasteiger partial charge in [-0.1, -0.05) is 24.9 Å². The van der Waals surface area contributed by atoms with Gasteiger partial charge in [0.1, 0.15) is 5.75 Å². The van der Waals surface area contributed by atoms with E-state index in [1.807, 2.05) is 13.8 Å². The van der Waals surface area contributed by atoms with Gasteiger partial charge >= 0.3 is 0 Å². The number of hydrogen-bond acceptors (Lipinski definition) is 3. The summed E-state index contributed by atoms with van der Waals surface area (Å²) >= 11 is 5.84. The minimum absolute atomic E-state index is 0.0641. The molecule has 1 aromatic carbocycles. The van der Waals surface area contributed by atoms with E-state index in [1.54, 1.807) is 18.2 Å². The minimum atomic E-state index is -0.273. The first-order valence-electron chi connectivity index (χ1n) is 6.24. The van der Waals surface area contributed by atoms with Crippen molar-refractivity contribution in [2.24, 2.45) is 5.10 Å². The van der Waals surface area contributed by atoms with Crippen LogP contribution >= 0.6 is 11.6 Å².